The number of benzene rings is 2. The average molecular weight is 822 g/mol. The number of nitrogens with one attached hydrogen (secondary N) is 3. The minimum atomic E-state index is -0.682. The molecule has 4 saturated heterocycles. The third-order valence-electron chi connectivity index (χ3n) is 12.8. The van der Waals surface area contributed by atoms with Crippen molar-refractivity contribution in [3.05, 3.63) is 72.3 Å². The number of allylic oxidation sites excluding steroid dienone is 1. The lowest BCUT2D eigenvalue weighted by Gasteiger charge is -2.34. The zero-order valence-corrected chi connectivity index (χ0v) is 34.4. The summed E-state index contributed by atoms with van der Waals surface area (Å²) in [5.74, 6) is 0.509. The maximum atomic E-state index is 14.0. The quantitative estimate of drug-likeness (QED) is 0.213. The van der Waals surface area contributed by atoms with Crippen LogP contribution in [0, 0.1) is 11.8 Å². The van der Waals surface area contributed by atoms with E-state index in [9.17, 15) is 19.2 Å². The fraction of sp³-hybridized carbons (Fsp3) is 0.511. The Kier molecular flexibility index (Phi) is 12.9. The normalized spacial score (nSPS) is 22.2. The van der Waals surface area contributed by atoms with Gasteiger partial charge in [-0.1, -0.05) is 48.5 Å². The number of hydrogen-bond donors (Lipinski definition) is 3. The van der Waals surface area contributed by atoms with Crippen LogP contribution in [0.4, 0.5) is 9.59 Å². The highest BCUT2D eigenvalue weighted by Crippen LogP contribution is 2.36. The maximum Gasteiger partial charge on any atom is 0.407 e. The Morgan fingerprint density at radius 3 is 1.70 bits per heavy atom. The van der Waals surface area contributed by atoms with Crippen molar-refractivity contribution in [2.24, 2.45) is 16.8 Å². The number of nitrogens with zero attached hydrogens (tertiary/aromatic N) is 4. The van der Waals surface area contributed by atoms with E-state index in [1.165, 1.54) is 14.2 Å². The van der Waals surface area contributed by atoms with Crippen LogP contribution in [0.3, 0.4) is 0 Å². The van der Waals surface area contributed by atoms with E-state index in [1.54, 1.807) is 0 Å². The van der Waals surface area contributed by atoms with Gasteiger partial charge >= 0.3 is 12.2 Å². The van der Waals surface area contributed by atoms with Crippen LogP contribution < -0.4 is 10.6 Å². The Bertz CT molecular complexity index is 2070. The number of hydrogen-bond acceptors (Lipinski definition) is 10. The van der Waals surface area contributed by atoms with Gasteiger partial charge in [-0.15, -0.1) is 0 Å². The summed E-state index contributed by atoms with van der Waals surface area (Å²) < 4.78 is 20.8. The number of aromatic amines is 1. The summed E-state index contributed by atoms with van der Waals surface area (Å²) in [7, 11) is 2.63. The van der Waals surface area contributed by atoms with Gasteiger partial charge in [0, 0.05) is 57.8 Å². The maximum absolute atomic E-state index is 14.0. The monoisotopic (exact) mass is 821 g/mol. The molecular weight excluding hydrogens is 767 g/mol. The number of amides is 4. The molecule has 15 heteroatoms. The number of carbonyl (C=O) groups is 4. The summed E-state index contributed by atoms with van der Waals surface area (Å²) in [6, 6.07) is 15.1. The molecule has 0 aliphatic carbocycles. The lowest BCUT2D eigenvalue weighted by molar-refractivity contribution is -0.137. The topological polar surface area (TPSA) is 177 Å². The van der Waals surface area contributed by atoms with E-state index in [1.807, 2.05) is 22.2 Å². The van der Waals surface area contributed by atoms with Crippen molar-refractivity contribution in [2.45, 2.75) is 82.0 Å². The third kappa shape index (κ3) is 8.97. The van der Waals surface area contributed by atoms with Crippen molar-refractivity contribution in [3.63, 3.8) is 0 Å². The number of likely N-dealkylation sites (tertiary alicyclic amines) is 2. The summed E-state index contributed by atoms with van der Waals surface area (Å²) in [4.78, 5) is 69.3. The van der Waals surface area contributed by atoms with E-state index in [0.717, 1.165) is 70.7 Å². The summed E-state index contributed by atoms with van der Waals surface area (Å²) in [5, 5.41) is 5.64. The van der Waals surface area contributed by atoms with Gasteiger partial charge in [0.2, 0.25) is 11.8 Å². The lowest BCUT2D eigenvalue weighted by Crippen LogP contribution is -2.55. The Hall–Kier alpha value is -5.54. The highest BCUT2D eigenvalue weighted by molar-refractivity contribution is 6.04. The first-order valence-electron chi connectivity index (χ1n) is 21.3. The van der Waals surface area contributed by atoms with Gasteiger partial charge in [-0.25, -0.2) is 14.6 Å². The molecular formula is C45H55N7O8. The van der Waals surface area contributed by atoms with Gasteiger partial charge in [0.05, 0.1) is 38.2 Å². The summed E-state index contributed by atoms with van der Waals surface area (Å²) in [6.45, 7) is 3.49. The Balaban J connectivity index is 0.886. The fourth-order valence-corrected chi connectivity index (χ4v) is 9.48. The van der Waals surface area contributed by atoms with Crippen LogP contribution in [0.2, 0.25) is 0 Å². The van der Waals surface area contributed by atoms with Gasteiger partial charge in [-0.3, -0.25) is 14.6 Å². The van der Waals surface area contributed by atoms with Gasteiger partial charge in [0.25, 0.3) is 0 Å². The molecule has 0 saturated carbocycles. The largest absolute Gasteiger partial charge is 0.453 e. The molecule has 5 aliphatic heterocycles. The molecule has 3 N–H and O–H groups in total. The molecule has 8 rings (SSSR count). The number of H-pyrrole nitrogens is 1. The molecule has 5 aliphatic rings. The third-order valence-corrected chi connectivity index (χ3v) is 12.8. The van der Waals surface area contributed by atoms with E-state index >= 15 is 0 Å². The van der Waals surface area contributed by atoms with Crippen LogP contribution in [-0.4, -0.2) is 121 Å². The number of imidazole rings is 1. The lowest BCUT2D eigenvalue weighted by atomic mass is 9.90. The second-order valence-corrected chi connectivity index (χ2v) is 16.3. The molecule has 4 amide bonds. The smallest absolute Gasteiger partial charge is 0.407 e. The molecule has 4 atom stereocenters. The fourth-order valence-electron chi connectivity index (χ4n) is 9.48. The molecule has 318 valence electrons. The number of carbonyl (C=O) groups excluding carboxylic acids is 4. The molecule has 0 bridgehead atoms. The van der Waals surface area contributed by atoms with Crippen molar-refractivity contribution in [3.8, 4) is 22.4 Å². The SMILES string of the molecule is COC(=O)N[C@H](C(=O)N1CCCC1C1=NC=C(c2ccc(-c3ccc(-c4cnc(C5CCCN5C(=O)[C@@H](NC(=O)OC)C5CCOCC5)[nH]4)cc3)cc2)C1)C1CCOCC1. The number of alkyl carbamates (subject to hydrolysis) is 2. The molecule has 4 fully saturated rings. The van der Waals surface area contributed by atoms with Crippen molar-refractivity contribution < 1.29 is 38.1 Å². The first-order chi connectivity index (χ1) is 29.3. The van der Waals surface area contributed by atoms with Crippen LogP contribution >= 0.6 is 0 Å². The standard InChI is InChI=1S/C45H55N7O8/c1-57-44(55)49-39(32-15-21-59-22-16-32)42(53)51-19-3-5-37(51)35-25-34(26-46-35)30-9-7-28(8-10-30)29-11-13-31(14-12-29)36-27-47-41(48-36)38-6-4-20-52(38)43(54)40(50-45(56)58-2)33-17-23-60-24-18-33/h7-14,26-27,32-33,37-40H,3-6,15-25H2,1-2H3,(H,47,48)(H,49,55)(H,50,56)/t37?,38?,39-,40-/m0/s1. The van der Waals surface area contributed by atoms with Crippen LogP contribution in [-0.2, 0) is 28.5 Å². The highest BCUT2D eigenvalue weighted by Gasteiger charge is 2.42. The second-order valence-electron chi connectivity index (χ2n) is 16.3. The molecule has 15 nitrogen and oxygen atoms in total. The van der Waals surface area contributed by atoms with E-state index < -0.39 is 24.3 Å². The van der Waals surface area contributed by atoms with Gasteiger partial charge in [0.15, 0.2) is 0 Å². The van der Waals surface area contributed by atoms with Crippen LogP contribution in [0.5, 0.6) is 0 Å². The van der Waals surface area contributed by atoms with Crippen molar-refractivity contribution in [1.29, 1.82) is 0 Å². The molecule has 0 radical (unpaired) electrons. The molecule has 2 aromatic carbocycles. The van der Waals surface area contributed by atoms with E-state index in [0.29, 0.717) is 71.6 Å². The highest BCUT2D eigenvalue weighted by atomic mass is 16.5. The average Bonchev–Trinajstić information content (AvgIpc) is 4.15. The van der Waals surface area contributed by atoms with Crippen LogP contribution in [0.15, 0.2) is 65.9 Å². The summed E-state index contributed by atoms with van der Waals surface area (Å²) >= 11 is 0. The van der Waals surface area contributed by atoms with Crippen molar-refractivity contribution >= 4 is 35.3 Å². The predicted molar refractivity (Wildman–Crippen MR) is 224 cm³/mol. The molecule has 0 spiro atoms. The van der Waals surface area contributed by atoms with Gasteiger partial charge < -0.3 is 44.4 Å². The number of ether oxygens (including phenoxy) is 4. The minimum Gasteiger partial charge on any atom is -0.453 e. The number of aliphatic imine (C=N–C) groups is 1. The van der Waals surface area contributed by atoms with Gasteiger partial charge in [0.1, 0.15) is 17.9 Å². The van der Waals surface area contributed by atoms with Crippen molar-refractivity contribution in [1.82, 2.24) is 30.4 Å². The number of methoxy groups -OCH3 is 2. The molecule has 6 heterocycles. The Labute approximate surface area is 350 Å². The van der Waals surface area contributed by atoms with Crippen molar-refractivity contribution in [2.75, 3.05) is 53.7 Å². The first kappa shape index (κ1) is 41.2. The minimum absolute atomic E-state index is 0.00804. The molecule has 60 heavy (non-hydrogen) atoms. The molecule has 3 aromatic rings. The first-order valence-corrected chi connectivity index (χ1v) is 21.3. The Morgan fingerprint density at radius 2 is 1.17 bits per heavy atom. The summed E-state index contributed by atoms with van der Waals surface area (Å²) in [5.41, 5.74) is 7.18. The number of aromatic nitrogens is 2. The van der Waals surface area contributed by atoms with E-state index in [-0.39, 0.29) is 35.7 Å². The van der Waals surface area contributed by atoms with Gasteiger partial charge in [-0.2, -0.15) is 0 Å². The van der Waals surface area contributed by atoms with Crippen LogP contribution in [0.1, 0.15) is 75.2 Å². The van der Waals surface area contributed by atoms with Crippen LogP contribution in [0.25, 0.3) is 28.0 Å². The summed E-state index contributed by atoms with van der Waals surface area (Å²) in [6.07, 6.45) is 9.35. The van der Waals surface area contributed by atoms with Gasteiger partial charge in [-0.05, 0) is 91.0 Å². The molecule has 1 aromatic heterocycles. The zero-order valence-electron chi connectivity index (χ0n) is 34.4. The van der Waals surface area contributed by atoms with E-state index in [4.69, 9.17) is 28.9 Å². The predicted octanol–water partition coefficient (Wildman–Crippen LogP) is 5.89. The second kappa shape index (κ2) is 18.8. The number of rotatable bonds is 11. The van der Waals surface area contributed by atoms with E-state index in [2.05, 4.69) is 64.1 Å². The zero-order chi connectivity index (χ0) is 41.6. The Morgan fingerprint density at radius 1 is 0.683 bits per heavy atom. The molecule has 2 unspecified atom stereocenters.